The summed E-state index contributed by atoms with van der Waals surface area (Å²) in [4.78, 5) is 9.57. The number of benzene rings is 5. The fourth-order valence-corrected chi connectivity index (χ4v) is 12.2. The van der Waals surface area contributed by atoms with Crippen LogP contribution in [0.1, 0.15) is 50.7 Å². The standard InChI is InChI=1S/C43H44N4Si/c1-32(2)40-23-14-24-41(33(3)4)42(40)47-26-25-44-43(47)34-15-12-21-38(29-34)48(36-17-8-6-9-18-36,37-19-10-7-11-20-37)39-22-13-16-35(30-39)46-28-27-45(5)31-46/h6-30,32-33H,31H2,1-5H3. The molecule has 5 aromatic carbocycles. The molecule has 0 saturated heterocycles. The molecule has 0 bridgehead atoms. The molecular weight excluding hydrogens is 601 g/mol. The van der Waals surface area contributed by atoms with Gasteiger partial charge in [-0.15, -0.1) is 0 Å². The van der Waals surface area contributed by atoms with Crippen molar-refractivity contribution in [2.45, 2.75) is 39.5 Å². The zero-order chi connectivity index (χ0) is 33.3. The van der Waals surface area contributed by atoms with Crippen LogP contribution in [0.15, 0.2) is 152 Å². The molecule has 0 atom stereocenters. The van der Waals surface area contributed by atoms with Crippen molar-refractivity contribution in [2.75, 3.05) is 18.6 Å². The second-order valence-corrected chi connectivity index (χ2v) is 17.3. The normalized spacial score (nSPS) is 13.2. The van der Waals surface area contributed by atoms with Gasteiger partial charge in [0, 0.05) is 43.1 Å². The summed E-state index contributed by atoms with van der Waals surface area (Å²) in [5.41, 5.74) is 6.26. The lowest BCUT2D eigenvalue weighted by atomic mass is 9.92. The average molecular weight is 645 g/mol. The third-order valence-electron chi connectivity index (χ3n) is 9.68. The molecule has 48 heavy (non-hydrogen) atoms. The Hall–Kier alpha value is -5.13. The van der Waals surface area contributed by atoms with Crippen molar-refractivity contribution in [1.82, 2.24) is 14.5 Å². The van der Waals surface area contributed by atoms with Crippen LogP contribution in [0.3, 0.4) is 0 Å². The van der Waals surface area contributed by atoms with Gasteiger partial charge < -0.3 is 9.80 Å². The van der Waals surface area contributed by atoms with E-state index in [4.69, 9.17) is 4.98 Å². The van der Waals surface area contributed by atoms with Crippen LogP contribution in [0.4, 0.5) is 5.69 Å². The fourth-order valence-electron chi connectivity index (χ4n) is 7.37. The minimum absolute atomic E-state index is 0.383. The highest BCUT2D eigenvalue weighted by Gasteiger charge is 2.42. The monoisotopic (exact) mass is 644 g/mol. The number of rotatable bonds is 9. The first-order chi connectivity index (χ1) is 23.4. The fraction of sp³-hybridized carbons (Fsp3) is 0.186. The quantitative estimate of drug-likeness (QED) is 0.122. The van der Waals surface area contributed by atoms with Crippen LogP contribution in [0.2, 0.25) is 0 Å². The summed E-state index contributed by atoms with van der Waals surface area (Å²) in [5.74, 6) is 1.73. The highest BCUT2D eigenvalue weighted by atomic mass is 28.3. The van der Waals surface area contributed by atoms with Gasteiger partial charge in [-0.2, -0.15) is 0 Å². The summed E-state index contributed by atoms with van der Waals surface area (Å²) < 4.78 is 2.33. The lowest BCUT2D eigenvalue weighted by molar-refractivity contribution is 0.496. The molecule has 0 saturated carbocycles. The van der Waals surface area contributed by atoms with Gasteiger partial charge in [0.25, 0.3) is 0 Å². The molecule has 6 aromatic rings. The van der Waals surface area contributed by atoms with Gasteiger partial charge in [0.2, 0.25) is 0 Å². The molecule has 0 spiro atoms. The van der Waals surface area contributed by atoms with Crippen LogP contribution in [0, 0.1) is 0 Å². The van der Waals surface area contributed by atoms with Gasteiger partial charge in [0.15, 0.2) is 8.07 Å². The Balaban J connectivity index is 1.48. The van der Waals surface area contributed by atoms with Crippen molar-refractivity contribution >= 4 is 34.5 Å². The van der Waals surface area contributed by atoms with Gasteiger partial charge in [-0.25, -0.2) is 4.98 Å². The van der Waals surface area contributed by atoms with Gasteiger partial charge >= 0.3 is 0 Å². The third kappa shape index (κ3) is 5.58. The summed E-state index contributed by atoms with van der Waals surface area (Å²) in [6.07, 6.45) is 8.40. The number of hydrogen-bond acceptors (Lipinski definition) is 3. The van der Waals surface area contributed by atoms with Crippen LogP contribution in [0.25, 0.3) is 17.1 Å². The van der Waals surface area contributed by atoms with Crippen molar-refractivity contribution in [3.05, 3.63) is 163 Å². The van der Waals surface area contributed by atoms with E-state index in [0.717, 1.165) is 18.1 Å². The number of anilines is 1. The van der Waals surface area contributed by atoms with E-state index >= 15 is 0 Å². The largest absolute Gasteiger partial charge is 0.361 e. The molecular formula is C43H44N4Si. The Morgan fingerprint density at radius 1 is 0.604 bits per heavy atom. The van der Waals surface area contributed by atoms with Gasteiger partial charge in [0.05, 0.1) is 12.4 Å². The summed E-state index contributed by atoms with van der Waals surface area (Å²) in [5, 5.41) is 5.40. The SMILES string of the molecule is CC(C)c1cccc(C(C)C)c1-n1ccnc1-c1cccc([Si](c2ccccc2)(c2ccccc2)c2cccc(N3C=CN(C)C3)c2)c1. The second-order valence-electron chi connectivity index (χ2n) is 13.5. The zero-order valence-electron chi connectivity index (χ0n) is 28.6. The molecule has 4 nitrogen and oxygen atoms in total. The topological polar surface area (TPSA) is 24.3 Å². The molecule has 0 fully saturated rings. The first-order valence-electron chi connectivity index (χ1n) is 17.0. The van der Waals surface area contributed by atoms with Crippen LogP contribution in [0.5, 0.6) is 0 Å². The lowest BCUT2D eigenvalue weighted by Gasteiger charge is -2.35. The van der Waals surface area contributed by atoms with E-state index in [1.165, 1.54) is 43.2 Å². The van der Waals surface area contributed by atoms with E-state index in [9.17, 15) is 0 Å². The number of aromatic nitrogens is 2. The van der Waals surface area contributed by atoms with Gasteiger partial charge in [-0.3, -0.25) is 4.57 Å². The van der Waals surface area contributed by atoms with Crippen LogP contribution < -0.4 is 25.6 Å². The number of para-hydroxylation sites is 1. The van der Waals surface area contributed by atoms with Crippen molar-refractivity contribution < 1.29 is 0 Å². The molecule has 1 aliphatic heterocycles. The molecule has 0 aliphatic carbocycles. The highest BCUT2D eigenvalue weighted by Crippen LogP contribution is 2.34. The van der Waals surface area contributed by atoms with Crippen LogP contribution >= 0.6 is 0 Å². The molecule has 7 rings (SSSR count). The minimum Gasteiger partial charge on any atom is -0.361 e. The van der Waals surface area contributed by atoms with Crippen LogP contribution in [-0.2, 0) is 0 Å². The Morgan fingerprint density at radius 2 is 1.17 bits per heavy atom. The zero-order valence-corrected chi connectivity index (χ0v) is 29.6. The molecule has 1 aliphatic rings. The summed E-state index contributed by atoms with van der Waals surface area (Å²) >= 11 is 0. The summed E-state index contributed by atoms with van der Waals surface area (Å²) in [7, 11) is -0.681. The maximum absolute atomic E-state index is 5.04. The lowest BCUT2D eigenvalue weighted by Crippen LogP contribution is -2.74. The molecule has 0 amide bonds. The number of nitrogens with zero attached hydrogens (tertiary/aromatic N) is 4. The average Bonchev–Trinajstić information content (AvgIpc) is 3.79. The summed E-state index contributed by atoms with van der Waals surface area (Å²) in [6.45, 7) is 9.96. The second kappa shape index (κ2) is 13.2. The van der Waals surface area contributed by atoms with Crippen molar-refractivity contribution in [3.63, 3.8) is 0 Å². The summed E-state index contributed by atoms with van der Waals surface area (Å²) in [6, 6.07) is 47.6. The first kappa shape index (κ1) is 31.5. The smallest absolute Gasteiger partial charge is 0.179 e. The molecule has 0 radical (unpaired) electrons. The van der Waals surface area contributed by atoms with E-state index in [1.807, 2.05) is 6.20 Å². The van der Waals surface area contributed by atoms with E-state index < -0.39 is 8.07 Å². The van der Waals surface area contributed by atoms with Crippen LogP contribution in [-0.4, -0.2) is 36.2 Å². The minimum atomic E-state index is -2.80. The molecule has 240 valence electrons. The number of imidazole rings is 1. The van der Waals surface area contributed by atoms with Crippen molar-refractivity contribution in [1.29, 1.82) is 0 Å². The molecule has 2 heterocycles. The Labute approximate surface area is 286 Å². The Bertz CT molecular complexity index is 1980. The van der Waals surface area contributed by atoms with E-state index in [-0.39, 0.29) is 0 Å². The highest BCUT2D eigenvalue weighted by molar-refractivity contribution is 7.20. The molecule has 5 heteroatoms. The van der Waals surface area contributed by atoms with E-state index in [1.54, 1.807) is 0 Å². The first-order valence-corrected chi connectivity index (χ1v) is 19.0. The van der Waals surface area contributed by atoms with Crippen molar-refractivity contribution in [2.24, 2.45) is 0 Å². The van der Waals surface area contributed by atoms with Gasteiger partial charge in [-0.1, -0.05) is 143 Å². The number of hydrogen-bond donors (Lipinski definition) is 0. The van der Waals surface area contributed by atoms with Gasteiger partial charge in [0.1, 0.15) is 5.82 Å². The molecule has 1 aromatic heterocycles. The Morgan fingerprint density at radius 3 is 1.75 bits per heavy atom. The maximum atomic E-state index is 5.04. The predicted octanol–water partition coefficient (Wildman–Crippen LogP) is 7.34. The Kier molecular flexibility index (Phi) is 8.63. The third-order valence-corrected chi connectivity index (χ3v) is 14.4. The maximum Gasteiger partial charge on any atom is 0.179 e. The predicted molar refractivity (Wildman–Crippen MR) is 205 cm³/mol. The van der Waals surface area contributed by atoms with Crippen molar-refractivity contribution in [3.8, 4) is 17.1 Å². The van der Waals surface area contributed by atoms with E-state index in [2.05, 4.69) is 195 Å². The van der Waals surface area contributed by atoms with E-state index in [0.29, 0.717) is 11.8 Å². The molecule has 0 unspecified atom stereocenters. The molecule has 0 N–H and O–H groups in total. The van der Waals surface area contributed by atoms with Gasteiger partial charge in [-0.05, 0) is 55.8 Å².